The summed E-state index contributed by atoms with van der Waals surface area (Å²) in [6.07, 6.45) is 1.57. The van der Waals surface area contributed by atoms with Crippen LogP contribution in [0, 0.1) is 11.8 Å². The number of anilines is 1. The molecule has 0 unspecified atom stereocenters. The molecule has 0 saturated heterocycles. The zero-order valence-electron chi connectivity index (χ0n) is 15.8. The van der Waals surface area contributed by atoms with Gasteiger partial charge >= 0.3 is 0 Å². The van der Waals surface area contributed by atoms with E-state index < -0.39 is 0 Å². The Hall–Kier alpha value is -2.82. The third-order valence-electron chi connectivity index (χ3n) is 4.65. The molecule has 0 aliphatic carbocycles. The summed E-state index contributed by atoms with van der Waals surface area (Å²) < 4.78 is 5.76. The number of fused-ring (bicyclic) bond motifs is 1. The van der Waals surface area contributed by atoms with Crippen molar-refractivity contribution in [3.63, 3.8) is 0 Å². The van der Waals surface area contributed by atoms with Crippen LogP contribution in [-0.4, -0.2) is 25.0 Å². The summed E-state index contributed by atoms with van der Waals surface area (Å²) in [5.41, 5.74) is 2.25. The van der Waals surface area contributed by atoms with Gasteiger partial charge in [-0.25, -0.2) is 0 Å². The molecule has 5 nitrogen and oxygen atoms in total. The van der Waals surface area contributed by atoms with Gasteiger partial charge in [-0.15, -0.1) is 0 Å². The molecule has 0 radical (unpaired) electrons. The molecule has 1 atom stereocenters. The molecule has 1 aliphatic rings. The number of hydrogen-bond acceptors (Lipinski definition) is 3. The molecule has 0 fully saturated rings. The first-order valence-corrected chi connectivity index (χ1v) is 9.42. The van der Waals surface area contributed by atoms with Crippen LogP contribution >= 0.6 is 0 Å². The van der Waals surface area contributed by atoms with Gasteiger partial charge in [0.1, 0.15) is 12.4 Å². The van der Waals surface area contributed by atoms with E-state index in [1.807, 2.05) is 36.4 Å². The van der Waals surface area contributed by atoms with Crippen LogP contribution in [0.15, 0.2) is 48.5 Å². The van der Waals surface area contributed by atoms with Crippen LogP contribution in [0.4, 0.5) is 5.69 Å². The maximum Gasteiger partial charge on any atom is 0.255 e. The topological polar surface area (TPSA) is 67.4 Å². The third kappa shape index (κ3) is 5.09. The van der Waals surface area contributed by atoms with Crippen LogP contribution in [0.5, 0.6) is 5.75 Å². The molecule has 0 spiro atoms. The molecule has 0 aromatic heterocycles. The number of ether oxygens (including phenoxy) is 1. The standard InChI is InChI=1S/C22H26N2O3/c1-15(2)10-11-23-21(25)18-12-17-13-19(8-9-20(17)27-14-18)24-22(26)16-6-4-3-5-7-16/h3-9,13,15,18H,10-12,14H2,1-2H3,(H,23,25)(H,24,26)/t18-/m1/s1. The van der Waals surface area contributed by atoms with Crippen molar-refractivity contribution >= 4 is 17.5 Å². The van der Waals surface area contributed by atoms with Crippen molar-refractivity contribution in [1.82, 2.24) is 5.32 Å². The van der Waals surface area contributed by atoms with E-state index in [1.165, 1.54) is 0 Å². The molecule has 142 valence electrons. The van der Waals surface area contributed by atoms with Crippen molar-refractivity contribution in [3.05, 3.63) is 59.7 Å². The summed E-state index contributed by atoms with van der Waals surface area (Å²) in [7, 11) is 0. The lowest BCUT2D eigenvalue weighted by atomic mass is 9.95. The van der Waals surface area contributed by atoms with Crippen LogP contribution in [0.1, 0.15) is 36.2 Å². The van der Waals surface area contributed by atoms with E-state index in [0.717, 1.165) is 17.7 Å². The van der Waals surface area contributed by atoms with E-state index in [2.05, 4.69) is 24.5 Å². The predicted molar refractivity (Wildman–Crippen MR) is 106 cm³/mol. The zero-order chi connectivity index (χ0) is 19.2. The molecule has 3 rings (SSSR count). The molecular formula is C22H26N2O3. The van der Waals surface area contributed by atoms with Crippen molar-refractivity contribution in [2.45, 2.75) is 26.7 Å². The fourth-order valence-corrected chi connectivity index (χ4v) is 3.06. The van der Waals surface area contributed by atoms with Crippen LogP contribution in [0.3, 0.4) is 0 Å². The van der Waals surface area contributed by atoms with Gasteiger partial charge in [-0.1, -0.05) is 32.0 Å². The number of nitrogens with one attached hydrogen (secondary N) is 2. The van der Waals surface area contributed by atoms with Crippen molar-refractivity contribution in [2.75, 3.05) is 18.5 Å². The largest absolute Gasteiger partial charge is 0.492 e. The van der Waals surface area contributed by atoms with Crippen LogP contribution in [-0.2, 0) is 11.2 Å². The lowest BCUT2D eigenvalue weighted by molar-refractivity contribution is -0.126. The number of amides is 2. The Morgan fingerprint density at radius 2 is 1.93 bits per heavy atom. The first kappa shape index (κ1) is 19.0. The number of benzene rings is 2. The molecule has 2 aromatic rings. The zero-order valence-corrected chi connectivity index (χ0v) is 15.8. The Morgan fingerprint density at radius 1 is 1.15 bits per heavy atom. The maximum atomic E-state index is 12.4. The van der Waals surface area contributed by atoms with Crippen molar-refractivity contribution in [3.8, 4) is 5.75 Å². The molecular weight excluding hydrogens is 340 g/mol. The molecule has 2 N–H and O–H groups in total. The molecule has 1 heterocycles. The first-order valence-electron chi connectivity index (χ1n) is 9.42. The van der Waals surface area contributed by atoms with Gasteiger partial charge in [0.2, 0.25) is 5.91 Å². The average molecular weight is 366 g/mol. The third-order valence-corrected chi connectivity index (χ3v) is 4.65. The van der Waals surface area contributed by atoms with E-state index in [1.54, 1.807) is 12.1 Å². The Kier molecular flexibility index (Phi) is 6.12. The summed E-state index contributed by atoms with van der Waals surface area (Å²) in [6.45, 7) is 5.35. The van der Waals surface area contributed by atoms with Crippen molar-refractivity contribution < 1.29 is 14.3 Å². The van der Waals surface area contributed by atoms with E-state index >= 15 is 0 Å². The van der Waals surface area contributed by atoms with Gasteiger partial charge in [0.05, 0.1) is 5.92 Å². The first-order chi connectivity index (χ1) is 13.0. The molecule has 27 heavy (non-hydrogen) atoms. The Morgan fingerprint density at radius 3 is 2.67 bits per heavy atom. The fourth-order valence-electron chi connectivity index (χ4n) is 3.06. The molecule has 0 saturated carbocycles. The molecule has 1 aliphatic heterocycles. The minimum Gasteiger partial charge on any atom is -0.492 e. The Bertz CT molecular complexity index is 802. The Labute approximate surface area is 160 Å². The van der Waals surface area contributed by atoms with Crippen molar-refractivity contribution in [2.24, 2.45) is 11.8 Å². The van der Waals surface area contributed by atoms with Gasteiger partial charge in [0.15, 0.2) is 0 Å². The fraction of sp³-hybridized carbons (Fsp3) is 0.364. The number of rotatable bonds is 6. The molecule has 5 heteroatoms. The SMILES string of the molecule is CC(C)CCNC(=O)[C@H]1COc2ccc(NC(=O)c3ccccc3)cc2C1. The second-order valence-electron chi connectivity index (χ2n) is 7.33. The van der Waals surface area contributed by atoms with Crippen molar-refractivity contribution in [1.29, 1.82) is 0 Å². The van der Waals surface area contributed by atoms with E-state index in [9.17, 15) is 9.59 Å². The number of carbonyl (C=O) groups excluding carboxylic acids is 2. The summed E-state index contributed by atoms with van der Waals surface area (Å²) in [5, 5.41) is 5.90. The van der Waals surface area contributed by atoms with Gasteiger partial charge < -0.3 is 15.4 Å². The minimum atomic E-state index is -0.204. The quantitative estimate of drug-likeness (QED) is 0.820. The lowest BCUT2D eigenvalue weighted by Gasteiger charge is -2.25. The second-order valence-corrected chi connectivity index (χ2v) is 7.33. The van der Waals surface area contributed by atoms with Crippen LogP contribution in [0.2, 0.25) is 0 Å². The molecule has 2 aromatic carbocycles. The minimum absolute atomic E-state index is 0.0278. The summed E-state index contributed by atoms with van der Waals surface area (Å²) in [4.78, 5) is 24.7. The monoisotopic (exact) mass is 366 g/mol. The highest BCUT2D eigenvalue weighted by Crippen LogP contribution is 2.30. The molecule has 2 amide bonds. The number of hydrogen-bond donors (Lipinski definition) is 2. The highest BCUT2D eigenvalue weighted by atomic mass is 16.5. The predicted octanol–water partition coefficient (Wildman–Crippen LogP) is 3.65. The Balaban J connectivity index is 1.63. The van der Waals surface area contributed by atoms with Gasteiger partial charge in [0, 0.05) is 17.8 Å². The van der Waals surface area contributed by atoms with Crippen LogP contribution in [0.25, 0.3) is 0 Å². The van der Waals surface area contributed by atoms with E-state index in [-0.39, 0.29) is 17.7 Å². The summed E-state index contributed by atoms with van der Waals surface area (Å²) in [6, 6.07) is 14.6. The lowest BCUT2D eigenvalue weighted by Crippen LogP contribution is -2.38. The molecule has 0 bridgehead atoms. The number of carbonyl (C=O) groups is 2. The highest BCUT2D eigenvalue weighted by Gasteiger charge is 2.26. The van der Waals surface area contributed by atoms with Gasteiger partial charge in [0.25, 0.3) is 5.91 Å². The highest BCUT2D eigenvalue weighted by molar-refractivity contribution is 6.04. The second kappa shape index (κ2) is 8.71. The normalized spacial score (nSPS) is 15.6. The maximum absolute atomic E-state index is 12.4. The van der Waals surface area contributed by atoms with Gasteiger partial charge in [-0.3, -0.25) is 9.59 Å². The van der Waals surface area contributed by atoms with E-state index in [4.69, 9.17) is 4.74 Å². The van der Waals surface area contributed by atoms with Gasteiger partial charge in [-0.2, -0.15) is 0 Å². The van der Waals surface area contributed by atoms with E-state index in [0.29, 0.717) is 36.7 Å². The smallest absolute Gasteiger partial charge is 0.255 e. The van der Waals surface area contributed by atoms with Crippen LogP contribution < -0.4 is 15.4 Å². The summed E-state index contributed by atoms with van der Waals surface area (Å²) in [5.74, 6) is 1.00. The van der Waals surface area contributed by atoms with Gasteiger partial charge in [-0.05, 0) is 54.7 Å². The summed E-state index contributed by atoms with van der Waals surface area (Å²) >= 11 is 0. The average Bonchev–Trinajstić information content (AvgIpc) is 2.67.